The van der Waals surface area contributed by atoms with Gasteiger partial charge in [0.05, 0.1) is 12.3 Å². The zero-order chi connectivity index (χ0) is 11.8. The summed E-state index contributed by atoms with van der Waals surface area (Å²) < 4.78 is 1.76. The van der Waals surface area contributed by atoms with Crippen molar-refractivity contribution in [1.29, 1.82) is 0 Å². The van der Waals surface area contributed by atoms with Crippen LogP contribution in [0, 0.1) is 11.3 Å². The molecule has 1 aliphatic rings. The summed E-state index contributed by atoms with van der Waals surface area (Å²) in [6.45, 7) is 4.55. The molecule has 1 aromatic heterocycles. The van der Waals surface area contributed by atoms with Crippen molar-refractivity contribution in [2.45, 2.75) is 45.6 Å². The Labute approximate surface area is 97.5 Å². The molecule has 1 aliphatic carbocycles. The molecule has 0 radical (unpaired) electrons. The number of aromatic nitrogens is 2. The highest BCUT2D eigenvalue weighted by Crippen LogP contribution is 2.46. The van der Waals surface area contributed by atoms with Crippen LogP contribution in [-0.4, -0.2) is 14.9 Å². The lowest BCUT2D eigenvalue weighted by atomic mass is 9.66. The minimum absolute atomic E-state index is 0.244. The Hall–Kier alpha value is -0.830. The first-order valence-corrected chi connectivity index (χ1v) is 6.17. The van der Waals surface area contributed by atoms with Crippen LogP contribution in [0.15, 0.2) is 12.4 Å². The zero-order valence-corrected chi connectivity index (χ0v) is 10.5. The van der Waals surface area contributed by atoms with Gasteiger partial charge in [0.2, 0.25) is 0 Å². The van der Waals surface area contributed by atoms with E-state index in [-0.39, 0.29) is 11.5 Å². The highest BCUT2D eigenvalue weighted by atomic mass is 16.3. The van der Waals surface area contributed by atoms with Gasteiger partial charge in [0.1, 0.15) is 0 Å². The van der Waals surface area contributed by atoms with Crippen molar-refractivity contribution in [3.05, 3.63) is 18.0 Å². The first-order valence-electron chi connectivity index (χ1n) is 6.17. The molecular weight excluding hydrogens is 200 g/mol. The van der Waals surface area contributed by atoms with Crippen LogP contribution in [0.4, 0.5) is 0 Å². The standard InChI is InChI=1S/C13H22N2O/c1-13(2)7-5-4-6-11(13)12(16)10-8-14-15(3)9-10/h8-9,11-12,16H,4-7H2,1-3H3. The van der Waals surface area contributed by atoms with Gasteiger partial charge in [0.25, 0.3) is 0 Å². The van der Waals surface area contributed by atoms with Gasteiger partial charge in [-0.1, -0.05) is 26.7 Å². The molecule has 0 aromatic carbocycles. The second-order valence-electron chi connectivity index (χ2n) is 5.73. The molecular formula is C13H22N2O. The molecule has 1 saturated carbocycles. The molecule has 16 heavy (non-hydrogen) atoms. The molecule has 2 rings (SSSR count). The molecule has 3 nitrogen and oxygen atoms in total. The zero-order valence-electron chi connectivity index (χ0n) is 10.5. The lowest BCUT2D eigenvalue weighted by molar-refractivity contribution is 0.00382. The number of nitrogens with zero attached hydrogens (tertiary/aromatic N) is 2. The third kappa shape index (κ3) is 2.14. The summed E-state index contributed by atoms with van der Waals surface area (Å²) in [7, 11) is 1.89. The maximum atomic E-state index is 10.4. The van der Waals surface area contributed by atoms with Gasteiger partial charge >= 0.3 is 0 Å². The molecule has 2 unspecified atom stereocenters. The number of hydrogen-bond acceptors (Lipinski definition) is 2. The van der Waals surface area contributed by atoms with Gasteiger partial charge in [-0.15, -0.1) is 0 Å². The molecule has 0 bridgehead atoms. The van der Waals surface area contributed by atoms with Crippen molar-refractivity contribution >= 4 is 0 Å². The minimum Gasteiger partial charge on any atom is -0.388 e. The van der Waals surface area contributed by atoms with E-state index < -0.39 is 0 Å². The SMILES string of the molecule is Cn1cc(C(O)C2CCCCC2(C)C)cn1. The van der Waals surface area contributed by atoms with E-state index in [9.17, 15) is 5.11 Å². The van der Waals surface area contributed by atoms with Crippen molar-refractivity contribution in [1.82, 2.24) is 9.78 Å². The van der Waals surface area contributed by atoms with Crippen molar-refractivity contribution in [2.75, 3.05) is 0 Å². The first kappa shape index (κ1) is 11.6. The number of hydrogen-bond donors (Lipinski definition) is 1. The highest BCUT2D eigenvalue weighted by molar-refractivity contribution is 5.10. The fourth-order valence-electron chi connectivity index (χ4n) is 2.93. The second-order valence-corrected chi connectivity index (χ2v) is 5.73. The normalized spacial score (nSPS) is 26.6. The van der Waals surface area contributed by atoms with E-state index in [1.165, 1.54) is 19.3 Å². The monoisotopic (exact) mass is 222 g/mol. The van der Waals surface area contributed by atoms with Crippen molar-refractivity contribution in [2.24, 2.45) is 18.4 Å². The van der Waals surface area contributed by atoms with Crippen LogP contribution in [0.2, 0.25) is 0 Å². The number of aliphatic hydroxyl groups is 1. The largest absolute Gasteiger partial charge is 0.388 e. The molecule has 3 heteroatoms. The molecule has 1 aromatic rings. The van der Waals surface area contributed by atoms with Crippen molar-refractivity contribution < 1.29 is 5.11 Å². The highest BCUT2D eigenvalue weighted by Gasteiger charge is 2.37. The topological polar surface area (TPSA) is 38.0 Å². The average Bonchev–Trinajstić information content (AvgIpc) is 2.63. The maximum Gasteiger partial charge on any atom is 0.0853 e. The van der Waals surface area contributed by atoms with Crippen molar-refractivity contribution in [3.8, 4) is 0 Å². The third-order valence-electron chi connectivity index (χ3n) is 4.04. The Kier molecular flexibility index (Phi) is 3.06. The third-order valence-corrected chi connectivity index (χ3v) is 4.04. The fourth-order valence-corrected chi connectivity index (χ4v) is 2.93. The summed E-state index contributed by atoms with van der Waals surface area (Å²) in [6.07, 6.45) is 8.24. The van der Waals surface area contributed by atoms with E-state index in [4.69, 9.17) is 0 Å². The maximum absolute atomic E-state index is 10.4. The molecule has 0 spiro atoms. The summed E-state index contributed by atoms with van der Waals surface area (Å²) in [4.78, 5) is 0. The Morgan fingerprint density at radius 2 is 2.25 bits per heavy atom. The summed E-state index contributed by atoms with van der Waals surface area (Å²) in [6, 6.07) is 0. The lowest BCUT2D eigenvalue weighted by Gasteiger charge is -2.41. The summed E-state index contributed by atoms with van der Waals surface area (Å²) in [5.41, 5.74) is 1.20. The van der Waals surface area contributed by atoms with Crippen LogP contribution in [0.5, 0.6) is 0 Å². The average molecular weight is 222 g/mol. The second kappa shape index (κ2) is 4.21. The van der Waals surface area contributed by atoms with E-state index in [1.54, 1.807) is 10.9 Å². The fraction of sp³-hybridized carbons (Fsp3) is 0.769. The Balaban J connectivity index is 2.17. The van der Waals surface area contributed by atoms with E-state index in [0.29, 0.717) is 5.92 Å². The minimum atomic E-state index is -0.357. The Bertz CT molecular complexity index is 357. The van der Waals surface area contributed by atoms with E-state index in [1.807, 2.05) is 13.2 Å². The quantitative estimate of drug-likeness (QED) is 0.835. The van der Waals surface area contributed by atoms with Gasteiger partial charge < -0.3 is 5.11 Å². The van der Waals surface area contributed by atoms with Gasteiger partial charge in [0.15, 0.2) is 0 Å². The van der Waals surface area contributed by atoms with E-state index in [0.717, 1.165) is 12.0 Å². The van der Waals surface area contributed by atoms with Crippen molar-refractivity contribution in [3.63, 3.8) is 0 Å². The van der Waals surface area contributed by atoms with Gasteiger partial charge in [-0.25, -0.2) is 0 Å². The molecule has 2 atom stereocenters. The molecule has 90 valence electrons. The molecule has 1 N–H and O–H groups in total. The molecule has 1 fully saturated rings. The smallest absolute Gasteiger partial charge is 0.0853 e. The van der Waals surface area contributed by atoms with Crippen LogP contribution < -0.4 is 0 Å². The predicted molar refractivity (Wildman–Crippen MR) is 63.9 cm³/mol. The van der Waals surface area contributed by atoms with Gasteiger partial charge in [-0.2, -0.15) is 5.10 Å². The summed E-state index contributed by atoms with van der Waals surface area (Å²) in [5, 5.41) is 14.6. The van der Waals surface area contributed by atoms with Gasteiger partial charge in [-0.3, -0.25) is 4.68 Å². The molecule has 1 heterocycles. The van der Waals surface area contributed by atoms with Crippen LogP contribution in [0.25, 0.3) is 0 Å². The molecule has 0 saturated heterocycles. The molecule has 0 aliphatic heterocycles. The summed E-state index contributed by atoms with van der Waals surface area (Å²) in [5.74, 6) is 0.366. The van der Waals surface area contributed by atoms with E-state index in [2.05, 4.69) is 18.9 Å². The molecule has 0 amide bonds. The summed E-state index contributed by atoms with van der Waals surface area (Å²) >= 11 is 0. The first-order chi connectivity index (χ1) is 7.50. The van der Waals surface area contributed by atoms with Crippen LogP contribution >= 0.6 is 0 Å². The van der Waals surface area contributed by atoms with Crippen LogP contribution in [-0.2, 0) is 7.05 Å². The van der Waals surface area contributed by atoms with Gasteiger partial charge in [0, 0.05) is 18.8 Å². The Morgan fingerprint density at radius 3 is 2.81 bits per heavy atom. The number of aryl methyl sites for hydroxylation is 1. The predicted octanol–water partition coefficient (Wildman–Crippen LogP) is 2.67. The Morgan fingerprint density at radius 1 is 1.50 bits per heavy atom. The number of rotatable bonds is 2. The van der Waals surface area contributed by atoms with Crippen LogP contribution in [0.3, 0.4) is 0 Å². The number of aliphatic hydroxyl groups excluding tert-OH is 1. The van der Waals surface area contributed by atoms with Crippen LogP contribution in [0.1, 0.15) is 51.2 Å². The van der Waals surface area contributed by atoms with E-state index >= 15 is 0 Å². The lowest BCUT2D eigenvalue weighted by Crippen LogP contribution is -2.32. The van der Waals surface area contributed by atoms with Gasteiger partial charge in [-0.05, 0) is 24.2 Å².